The lowest BCUT2D eigenvalue weighted by Crippen LogP contribution is -1.98. The number of aromatic hydroxyl groups is 2. The van der Waals surface area contributed by atoms with E-state index < -0.39 is 10.8 Å². The first kappa shape index (κ1) is 14.2. The van der Waals surface area contributed by atoms with E-state index in [2.05, 4.69) is 0 Å². The summed E-state index contributed by atoms with van der Waals surface area (Å²) in [5.74, 6) is 1.10. The van der Waals surface area contributed by atoms with Gasteiger partial charge in [-0.15, -0.1) is 11.6 Å². The molecule has 0 amide bonds. The van der Waals surface area contributed by atoms with E-state index in [-0.39, 0.29) is 11.5 Å². The molecule has 0 heterocycles. The van der Waals surface area contributed by atoms with Crippen molar-refractivity contribution in [3.05, 3.63) is 29.8 Å². The molecule has 2 rings (SSSR count). The van der Waals surface area contributed by atoms with Crippen LogP contribution in [-0.4, -0.2) is 26.1 Å². The van der Waals surface area contributed by atoms with Gasteiger partial charge in [-0.05, 0) is 43.0 Å². The summed E-state index contributed by atoms with van der Waals surface area (Å²) in [5.41, 5.74) is 0.448. The second-order valence-corrected chi connectivity index (χ2v) is 6.29. The highest BCUT2D eigenvalue weighted by Gasteiger charge is 2.11. The number of phenols is 2. The molecule has 0 bridgehead atoms. The second-order valence-electron chi connectivity index (χ2n) is 4.34. The van der Waals surface area contributed by atoms with Gasteiger partial charge in [-0.25, -0.2) is 0 Å². The fourth-order valence-corrected chi connectivity index (χ4v) is 3.31. The highest BCUT2D eigenvalue weighted by atomic mass is 35.5. The van der Waals surface area contributed by atoms with Crippen molar-refractivity contribution in [2.75, 3.05) is 11.6 Å². The van der Waals surface area contributed by atoms with Gasteiger partial charge in [0, 0.05) is 27.5 Å². The van der Waals surface area contributed by atoms with Gasteiger partial charge in [0.2, 0.25) is 0 Å². The maximum Gasteiger partial charge on any atom is 0.129 e. The van der Waals surface area contributed by atoms with Crippen molar-refractivity contribution in [2.24, 2.45) is 0 Å². The van der Waals surface area contributed by atoms with Crippen molar-refractivity contribution in [3.8, 4) is 11.5 Å². The van der Waals surface area contributed by atoms with Crippen LogP contribution in [0.2, 0.25) is 0 Å². The van der Waals surface area contributed by atoms with Crippen LogP contribution in [0, 0.1) is 6.92 Å². The Balaban J connectivity index is 2.46. The SMILES string of the molecule is Cc1c(O)cc2cc(S(=O)CCCCl)ccc2c1O. The molecule has 0 aliphatic rings. The first-order valence-corrected chi connectivity index (χ1v) is 7.79. The molecule has 0 radical (unpaired) electrons. The predicted molar refractivity (Wildman–Crippen MR) is 78.6 cm³/mol. The molecule has 0 saturated carbocycles. The molecule has 1 unspecified atom stereocenters. The smallest absolute Gasteiger partial charge is 0.129 e. The summed E-state index contributed by atoms with van der Waals surface area (Å²) >= 11 is 5.59. The van der Waals surface area contributed by atoms with E-state index in [0.29, 0.717) is 39.3 Å². The van der Waals surface area contributed by atoms with Crippen LogP contribution in [0.4, 0.5) is 0 Å². The van der Waals surface area contributed by atoms with E-state index in [1.54, 1.807) is 31.2 Å². The monoisotopic (exact) mass is 298 g/mol. The molecule has 2 aromatic rings. The molecule has 0 aromatic heterocycles. The molecule has 0 saturated heterocycles. The third kappa shape index (κ3) is 2.85. The van der Waals surface area contributed by atoms with E-state index in [9.17, 15) is 14.4 Å². The zero-order valence-electron chi connectivity index (χ0n) is 10.5. The molecule has 1 atom stereocenters. The van der Waals surface area contributed by atoms with Crippen LogP contribution in [0.25, 0.3) is 10.8 Å². The molecule has 0 aliphatic heterocycles. The van der Waals surface area contributed by atoms with Gasteiger partial charge in [0.15, 0.2) is 0 Å². The molecule has 3 nitrogen and oxygen atoms in total. The summed E-state index contributed by atoms with van der Waals surface area (Å²) in [6.07, 6.45) is 0.691. The standard InChI is InChI=1S/C14H15ClO3S/c1-9-13(16)8-10-7-11(19(18)6-2-5-15)3-4-12(10)14(9)17/h3-4,7-8,16-17H,2,5-6H2,1H3. The van der Waals surface area contributed by atoms with Gasteiger partial charge in [0.05, 0.1) is 10.8 Å². The minimum atomic E-state index is -1.11. The number of alkyl halides is 1. The van der Waals surface area contributed by atoms with Crippen LogP contribution in [-0.2, 0) is 10.8 Å². The third-order valence-corrected chi connectivity index (χ3v) is 4.74. The molecule has 0 fully saturated rings. The largest absolute Gasteiger partial charge is 0.508 e. The molecule has 19 heavy (non-hydrogen) atoms. The number of hydrogen-bond donors (Lipinski definition) is 2. The normalized spacial score (nSPS) is 12.7. The number of fused-ring (bicyclic) bond motifs is 1. The quantitative estimate of drug-likeness (QED) is 0.852. The van der Waals surface area contributed by atoms with Gasteiger partial charge in [0.25, 0.3) is 0 Å². The van der Waals surface area contributed by atoms with Crippen molar-refractivity contribution in [3.63, 3.8) is 0 Å². The molecule has 2 N–H and O–H groups in total. The van der Waals surface area contributed by atoms with Crippen molar-refractivity contribution in [2.45, 2.75) is 18.2 Å². The molecular weight excluding hydrogens is 284 g/mol. The van der Waals surface area contributed by atoms with Gasteiger partial charge in [-0.3, -0.25) is 4.21 Å². The van der Waals surface area contributed by atoms with Crippen LogP contribution in [0.5, 0.6) is 11.5 Å². The van der Waals surface area contributed by atoms with E-state index in [1.165, 1.54) is 0 Å². The van der Waals surface area contributed by atoms with Gasteiger partial charge < -0.3 is 10.2 Å². The van der Waals surface area contributed by atoms with E-state index in [0.717, 1.165) is 0 Å². The zero-order valence-corrected chi connectivity index (χ0v) is 12.1. The van der Waals surface area contributed by atoms with Gasteiger partial charge in [0.1, 0.15) is 11.5 Å². The average molecular weight is 299 g/mol. The summed E-state index contributed by atoms with van der Waals surface area (Å²) in [6.45, 7) is 1.65. The Morgan fingerprint density at radius 3 is 2.68 bits per heavy atom. The number of hydrogen-bond acceptors (Lipinski definition) is 3. The highest BCUT2D eigenvalue weighted by molar-refractivity contribution is 7.85. The first-order chi connectivity index (χ1) is 9.04. The van der Waals surface area contributed by atoms with Crippen molar-refractivity contribution < 1.29 is 14.4 Å². The predicted octanol–water partition coefficient (Wildman–Crippen LogP) is 3.30. The molecule has 2 aromatic carbocycles. The maximum absolute atomic E-state index is 12.0. The fraction of sp³-hybridized carbons (Fsp3) is 0.286. The minimum Gasteiger partial charge on any atom is -0.508 e. The van der Waals surface area contributed by atoms with Crippen LogP contribution >= 0.6 is 11.6 Å². The van der Waals surface area contributed by atoms with E-state index >= 15 is 0 Å². The Kier molecular flexibility index (Phi) is 4.32. The summed E-state index contributed by atoms with van der Waals surface area (Å²) in [7, 11) is -1.11. The number of rotatable bonds is 4. The summed E-state index contributed by atoms with van der Waals surface area (Å²) in [5, 5.41) is 21.0. The van der Waals surface area contributed by atoms with Gasteiger partial charge in [-0.1, -0.05) is 0 Å². The van der Waals surface area contributed by atoms with E-state index in [4.69, 9.17) is 11.6 Å². The van der Waals surface area contributed by atoms with Crippen LogP contribution < -0.4 is 0 Å². The zero-order chi connectivity index (χ0) is 14.0. The Bertz CT molecular complexity index is 640. The van der Waals surface area contributed by atoms with Crippen molar-refractivity contribution in [1.82, 2.24) is 0 Å². The van der Waals surface area contributed by atoms with Crippen LogP contribution in [0.1, 0.15) is 12.0 Å². The molecule has 102 valence electrons. The lowest BCUT2D eigenvalue weighted by atomic mass is 10.1. The summed E-state index contributed by atoms with van der Waals surface area (Å²) in [4.78, 5) is 0.681. The molecule has 0 spiro atoms. The van der Waals surface area contributed by atoms with Gasteiger partial charge >= 0.3 is 0 Å². The first-order valence-electron chi connectivity index (χ1n) is 5.94. The van der Waals surface area contributed by atoms with Crippen molar-refractivity contribution >= 4 is 33.2 Å². The molecule has 0 aliphatic carbocycles. The van der Waals surface area contributed by atoms with Gasteiger partial charge in [-0.2, -0.15) is 0 Å². The second kappa shape index (κ2) is 5.80. The number of phenolic OH excluding ortho intramolecular Hbond substituents is 2. The minimum absolute atomic E-state index is 0.0358. The maximum atomic E-state index is 12.0. The summed E-state index contributed by atoms with van der Waals surface area (Å²) < 4.78 is 12.0. The fourth-order valence-electron chi connectivity index (χ4n) is 1.90. The Morgan fingerprint density at radius 1 is 1.26 bits per heavy atom. The third-order valence-electron chi connectivity index (χ3n) is 3.04. The Hall–Kier alpha value is -1.26. The van der Waals surface area contributed by atoms with Crippen LogP contribution in [0.3, 0.4) is 0 Å². The number of halogens is 1. The Morgan fingerprint density at radius 2 is 2.00 bits per heavy atom. The lowest BCUT2D eigenvalue weighted by Gasteiger charge is -2.08. The van der Waals surface area contributed by atoms with E-state index in [1.807, 2.05) is 0 Å². The lowest BCUT2D eigenvalue weighted by molar-refractivity contribution is 0.448. The molecule has 5 heteroatoms. The average Bonchev–Trinajstić information content (AvgIpc) is 2.41. The van der Waals surface area contributed by atoms with Crippen molar-refractivity contribution in [1.29, 1.82) is 0 Å². The van der Waals surface area contributed by atoms with Crippen LogP contribution in [0.15, 0.2) is 29.2 Å². The summed E-state index contributed by atoms with van der Waals surface area (Å²) in [6, 6.07) is 6.78. The Labute approximate surface area is 119 Å². The highest BCUT2D eigenvalue weighted by Crippen LogP contribution is 2.35. The topological polar surface area (TPSA) is 57.5 Å². The molecular formula is C14H15ClO3S. The number of benzene rings is 2.